The van der Waals surface area contributed by atoms with E-state index in [2.05, 4.69) is 5.32 Å². The van der Waals surface area contributed by atoms with Crippen LogP contribution in [0.15, 0.2) is 42.5 Å². The Bertz CT molecular complexity index is 656. The van der Waals surface area contributed by atoms with E-state index in [0.29, 0.717) is 13.2 Å². The Kier molecular flexibility index (Phi) is 6.05. The quantitative estimate of drug-likeness (QED) is 0.853. The van der Waals surface area contributed by atoms with Gasteiger partial charge in [0.25, 0.3) is 5.91 Å². The SMILES string of the molecule is COCc1cccc(CNC(=O)COc2cc(F)cc(F)c2)c1. The molecule has 0 bridgehead atoms. The summed E-state index contributed by atoms with van der Waals surface area (Å²) in [6, 6.07) is 10.4. The highest BCUT2D eigenvalue weighted by molar-refractivity contribution is 5.77. The number of benzene rings is 2. The number of amides is 1. The monoisotopic (exact) mass is 321 g/mol. The summed E-state index contributed by atoms with van der Waals surface area (Å²) >= 11 is 0. The highest BCUT2D eigenvalue weighted by Gasteiger charge is 2.06. The Labute approximate surface area is 133 Å². The van der Waals surface area contributed by atoms with E-state index in [1.165, 1.54) is 0 Å². The maximum Gasteiger partial charge on any atom is 0.258 e. The Morgan fingerprint density at radius 2 is 1.78 bits per heavy atom. The van der Waals surface area contributed by atoms with Crippen LogP contribution in [0.3, 0.4) is 0 Å². The maximum absolute atomic E-state index is 13.0. The molecule has 1 amide bonds. The Morgan fingerprint density at radius 1 is 1.09 bits per heavy atom. The highest BCUT2D eigenvalue weighted by atomic mass is 19.1. The summed E-state index contributed by atoms with van der Waals surface area (Å²) in [4.78, 5) is 11.7. The zero-order valence-electron chi connectivity index (χ0n) is 12.6. The molecule has 2 aromatic rings. The summed E-state index contributed by atoms with van der Waals surface area (Å²) in [7, 11) is 1.61. The van der Waals surface area contributed by atoms with Crippen LogP contribution in [0.1, 0.15) is 11.1 Å². The van der Waals surface area contributed by atoms with Crippen LogP contribution in [0, 0.1) is 11.6 Å². The summed E-state index contributed by atoms with van der Waals surface area (Å²) in [5.41, 5.74) is 1.93. The van der Waals surface area contributed by atoms with Crippen LogP contribution in [-0.4, -0.2) is 19.6 Å². The summed E-state index contributed by atoms with van der Waals surface area (Å²) in [6.45, 7) is 0.508. The second-order valence-electron chi connectivity index (χ2n) is 4.92. The molecule has 0 heterocycles. The van der Waals surface area contributed by atoms with E-state index in [0.717, 1.165) is 29.3 Å². The van der Waals surface area contributed by atoms with Crippen LogP contribution in [0.5, 0.6) is 5.75 Å². The number of hydrogen-bond acceptors (Lipinski definition) is 3. The number of ether oxygens (including phenoxy) is 2. The van der Waals surface area contributed by atoms with Crippen LogP contribution in [0.25, 0.3) is 0 Å². The minimum atomic E-state index is -0.754. The fourth-order valence-corrected chi connectivity index (χ4v) is 2.01. The number of carbonyl (C=O) groups excluding carboxylic acids is 1. The van der Waals surface area contributed by atoms with Crippen molar-refractivity contribution >= 4 is 5.91 Å². The third-order valence-electron chi connectivity index (χ3n) is 3.00. The molecule has 0 aliphatic rings. The first kappa shape index (κ1) is 16.9. The molecule has 0 saturated carbocycles. The second kappa shape index (κ2) is 8.24. The van der Waals surface area contributed by atoms with Gasteiger partial charge in [0.1, 0.15) is 17.4 Å². The van der Waals surface area contributed by atoms with Crippen LogP contribution in [0.2, 0.25) is 0 Å². The molecular formula is C17H17F2NO3. The van der Waals surface area contributed by atoms with E-state index >= 15 is 0 Å². The van der Waals surface area contributed by atoms with Crippen molar-refractivity contribution in [1.29, 1.82) is 0 Å². The van der Waals surface area contributed by atoms with Crippen LogP contribution in [0.4, 0.5) is 8.78 Å². The van der Waals surface area contributed by atoms with Gasteiger partial charge in [0.05, 0.1) is 6.61 Å². The smallest absolute Gasteiger partial charge is 0.258 e. The van der Waals surface area contributed by atoms with E-state index in [4.69, 9.17) is 9.47 Å². The van der Waals surface area contributed by atoms with Crippen molar-refractivity contribution < 1.29 is 23.0 Å². The van der Waals surface area contributed by atoms with Crippen LogP contribution in [-0.2, 0) is 22.7 Å². The van der Waals surface area contributed by atoms with Gasteiger partial charge in [0.2, 0.25) is 0 Å². The normalized spacial score (nSPS) is 10.4. The number of halogens is 2. The maximum atomic E-state index is 13.0. The summed E-state index contributed by atoms with van der Waals surface area (Å²) in [5, 5.41) is 2.68. The predicted octanol–water partition coefficient (Wildman–Crippen LogP) is 2.81. The molecule has 0 fully saturated rings. The van der Waals surface area contributed by atoms with Crippen molar-refractivity contribution in [1.82, 2.24) is 5.32 Å². The van der Waals surface area contributed by atoms with Gasteiger partial charge >= 0.3 is 0 Å². The lowest BCUT2D eigenvalue weighted by molar-refractivity contribution is -0.123. The first-order valence-corrected chi connectivity index (χ1v) is 6.99. The average Bonchev–Trinajstić information content (AvgIpc) is 2.51. The van der Waals surface area contributed by atoms with Crippen LogP contribution < -0.4 is 10.1 Å². The molecule has 0 saturated heterocycles. The highest BCUT2D eigenvalue weighted by Crippen LogP contribution is 2.15. The number of nitrogens with one attached hydrogen (secondary N) is 1. The molecule has 0 aliphatic carbocycles. The zero-order valence-corrected chi connectivity index (χ0v) is 12.6. The standard InChI is InChI=1S/C17H17F2NO3/c1-22-10-13-4-2-3-12(5-13)9-20-17(21)11-23-16-7-14(18)6-15(19)8-16/h2-8H,9-11H2,1H3,(H,20,21). The van der Waals surface area contributed by atoms with Crippen LogP contribution >= 0.6 is 0 Å². The van der Waals surface area contributed by atoms with E-state index in [1.807, 2.05) is 24.3 Å². The van der Waals surface area contributed by atoms with Gasteiger partial charge in [-0.1, -0.05) is 24.3 Å². The molecule has 2 rings (SSSR count). The average molecular weight is 321 g/mol. The number of hydrogen-bond donors (Lipinski definition) is 1. The Hall–Kier alpha value is -2.47. The molecule has 1 N–H and O–H groups in total. The molecule has 0 radical (unpaired) electrons. The minimum absolute atomic E-state index is 0.0280. The second-order valence-corrected chi connectivity index (χ2v) is 4.92. The molecule has 4 nitrogen and oxygen atoms in total. The summed E-state index contributed by atoms with van der Waals surface area (Å²) in [5.74, 6) is -1.92. The molecule has 6 heteroatoms. The van der Waals surface area contributed by atoms with E-state index in [9.17, 15) is 13.6 Å². The van der Waals surface area contributed by atoms with Gasteiger partial charge in [-0.25, -0.2) is 8.78 Å². The first-order chi connectivity index (χ1) is 11.1. The lowest BCUT2D eigenvalue weighted by Gasteiger charge is -2.09. The van der Waals surface area contributed by atoms with Gasteiger partial charge in [-0.2, -0.15) is 0 Å². The van der Waals surface area contributed by atoms with Crippen molar-refractivity contribution in [3.63, 3.8) is 0 Å². The summed E-state index contributed by atoms with van der Waals surface area (Å²) < 4.78 is 36.1. The topological polar surface area (TPSA) is 47.6 Å². The zero-order chi connectivity index (χ0) is 16.7. The van der Waals surface area contributed by atoms with E-state index < -0.39 is 11.6 Å². The molecule has 0 atom stereocenters. The van der Waals surface area contributed by atoms with Gasteiger partial charge in [0.15, 0.2) is 6.61 Å². The Morgan fingerprint density at radius 3 is 2.48 bits per heavy atom. The largest absolute Gasteiger partial charge is 0.484 e. The molecule has 23 heavy (non-hydrogen) atoms. The number of carbonyl (C=O) groups is 1. The van der Waals surface area contributed by atoms with Crippen molar-refractivity contribution in [2.75, 3.05) is 13.7 Å². The van der Waals surface area contributed by atoms with Gasteiger partial charge < -0.3 is 14.8 Å². The Balaban J connectivity index is 1.82. The fraction of sp³-hybridized carbons (Fsp3) is 0.235. The van der Waals surface area contributed by atoms with Crippen molar-refractivity contribution in [3.8, 4) is 5.75 Å². The lowest BCUT2D eigenvalue weighted by atomic mass is 10.1. The molecule has 2 aromatic carbocycles. The molecule has 122 valence electrons. The third kappa shape index (κ3) is 5.67. The van der Waals surface area contributed by atoms with Gasteiger partial charge in [-0.3, -0.25) is 4.79 Å². The third-order valence-corrected chi connectivity index (χ3v) is 3.00. The molecule has 0 aromatic heterocycles. The van der Waals surface area contributed by atoms with Crippen molar-refractivity contribution in [2.45, 2.75) is 13.2 Å². The number of methoxy groups -OCH3 is 1. The van der Waals surface area contributed by atoms with Crippen molar-refractivity contribution in [3.05, 3.63) is 65.2 Å². The molecular weight excluding hydrogens is 304 g/mol. The van der Waals surface area contributed by atoms with Crippen molar-refractivity contribution in [2.24, 2.45) is 0 Å². The van der Waals surface area contributed by atoms with Gasteiger partial charge in [-0.05, 0) is 11.1 Å². The fourth-order valence-electron chi connectivity index (χ4n) is 2.01. The van der Waals surface area contributed by atoms with Gasteiger partial charge in [0, 0.05) is 31.9 Å². The summed E-state index contributed by atoms with van der Waals surface area (Å²) in [6.07, 6.45) is 0. The molecule has 0 aliphatic heterocycles. The lowest BCUT2D eigenvalue weighted by Crippen LogP contribution is -2.28. The van der Waals surface area contributed by atoms with E-state index in [-0.39, 0.29) is 18.3 Å². The predicted molar refractivity (Wildman–Crippen MR) is 80.9 cm³/mol. The molecule has 0 unspecified atom stereocenters. The first-order valence-electron chi connectivity index (χ1n) is 6.99. The number of rotatable bonds is 7. The van der Waals surface area contributed by atoms with E-state index in [1.54, 1.807) is 7.11 Å². The minimum Gasteiger partial charge on any atom is -0.484 e. The van der Waals surface area contributed by atoms with Gasteiger partial charge in [-0.15, -0.1) is 0 Å². The molecule has 0 spiro atoms.